The predicted octanol–water partition coefficient (Wildman–Crippen LogP) is 4.30. The number of hydrogen-bond acceptors (Lipinski definition) is 7. The highest BCUT2D eigenvalue weighted by atomic mass is 32.1. The van der Waals surface area contributed by atoms with E-state index in [9.17, 15) is 9.59 Å². The van der Waals surface area contributed by atoms with Crippen molar-refractivity contribution in [3.63, 3.8) is 0 Å². The number of hydrogen-bond donors (Lipinski definition) is 1. The number of nitrogens with one attached hydrogen (secondary N) is 1. The molecule has 2 aromatic rings. The van der Waals surface area contributed by atoms with Crippen molar-refractivity contribution in [3.8, 4) is 11.5 Å². The van der Waals surface area contributed by atoms with E-state index in [0.717, 1.165) is 21.8 Å². The van der Waals surface area contributed by atoms with Crippen molar-refractivity contribution in [2.24, 2.45) is 0 Å². The van der Waals surface area contributed by atoms with Crippen LogP contribution in [-0.4, -0.2) is 33.1 Å². The predicted molar refractivity (Wildman–Crippen MR) is 118 cm³/mol. The summed E-state index contributed by atoms with van der Waals surface area (Å²) >= 11 is 1.54. The largest absolute Gasteiger partial charge is 0.493 e. The summed E-state index contributed by atoms with van der Waals surface area (Å²) in [5.74, 6) is 0.538. The number of ether oxygens (including phenoxy) is 3. The zero-order valence-electron chi connectivity index (χ0n) is 18.0. The molecule has 0 saturated heterocycles. The van der Waals surface area contributed by atoms with Gasteiger partial charge in [0.05, 0.1) is 32.8 Å². The molecule has 7 heteroatoms. The van der Waals surface area contributed by atoms with Crippen LogP contribution in [0.25, 0.3) is 0 Å². The minimum Gasteiger partial charge on any atom is -0.493 e. The van der Waals surface area contributed by atoms with E-state index in [1.807, 2.05) is 42.6 Å². The van der Waals surface area contributed by atoms with Crippen molar-refractivity contribution in [1.82, 2.24) is 5.32 Å². The number of rotatable bonds is 5. The summed E-state index contributed by atoms with van der Waals surface area (Å²) in [7, 11) is 4.57. The monoisotopic (exact) mass is 439 g/mol. The third-order valence-corrected chi connectivity index (χ3v) is 6.88. The number of methoxy groups -OCH3 is 3. The number of dihydropyridines is 1. The Labute approximate surface area is 185 Å². The van der Waals surface area contributed by atoms with E-state index in [0.29, 0.717) is 35.5 Å². The maximum absolute atomic E-state index is 13.4. The fraction of sp³-hybridized carbons (Fsp3) is 0.333. The molecule has 31 heavy (non-hydrogen) atoms. The van der Waals surface area contributed by atoms with E-state index in [2.05, 4.69) is 5.32 Å². The van der Waals surface area contributed by atoms with Gasteiger partial charge in [-0.05, 0) is 48.4 Å². The van der Waals surface area contributed by atoms with Gasteiger partial charge < -0.3 is 19.5 Å². The lowest BCUT2D eigenvalue weighted by Gasteiger charge is -2.36. The molecule has 4 rings (SSSR count). The van der Waals surface area contributed by atoms with Gasteiger partial charge in [-0.2, -0.15) is 0 Å². The Morgan fingerprint density at radius 1 is 1.10 bits per heavy atom. The Kier molecular flexibility index (Phi) is 5.87. The summed E-state index contributed by atoms with van der Waals surface area (Å²) in [6, 6.07) is 9.69. The first-order chi connectivity index (χ1) is 15.0. The first kappa shape index (κ1) is 21.2. The molecule has 2 atom stereocenters. The molecule has 1 aliphatic heterocycles. The maximum atomic E-state index is 13.4. The summed E-state index contributed by atoms with van der Waals surface area (Å²) in [6.07, 6.45) is 1.04. The summed E-state index contributed by atoms with van der Waals surface area (Å²) in [6.45, 7) is 1.86. The van der Waals surface area contributed by atoms with Crippen LogP contribution in [0.2, 0.25) is 0 Å². The van der Waals surface area contributed by atoms with Crippen LogP contribution in [0.15, 0.2) is 58.3 Å². The van der Waals surface area contributed by atoms with Crippen LogP contribution in [0.1, 0.15) is 42.0 Å². The van der Waals surface area contributed by atoms with Crippen LogP contribution in [0.4, 0.5) is 0 Å². The lowest BCUT2D eigenvalue weighted by atomic mass is 9.73. The lowest BCUT2D eigenvalue weighted by molar-refractivity contribution is -0.136. The number of thiophene rings is 1. The Balaban J connectivity index is 1.75. The molecule has 0 unspecified atom stereocenters. The van der Waals surface area contributed by atoms with Crippen molar-refractivity contribution >= 4 is 23.1 Å². The van der Waals surface area contributed by atoms with Crippen molar-refractivity contribution < 1.29 is 23.8 Å². The molecule has 1 aliphatic carbocycles. The number of carbonyl (C=O) groups is 2. The van der Waals surface area contributed by atoms with Crippen LogP contribution in [-0.2, 0) is 14.3 Å². The standard InChI is InChI=1S/C24H25NO5S/c1-13-21(24(27)30-4)23(20-6-5-9-31-20)22-16(25-13)10-15(11-17(22)26)14-7-8-18(28-2)19(12-14)29-3/h5-9,12,15,23,25H,10-11H2,1-4H3/t15-,23+/m1/s1. The van der Waals surface area contributed by atoms with Gasteiger partial charge in [-0.1, -0.05) is 12.1 Å². The third-order valence-electron chi connectivity index (χ3n) is 5.94. The van der Waals surface area contributed by atoms with Crippen molar-refractivity contribution in [3.05, 3.63) is 68.7 Å². The van der Waals surface area contributed by atoms with E-state index in [-0.39, 0.29) is 11.7 Å². The summed E-state index contributed by atoms with van der Waals surface area (Å²) < 4.78 is 15.8. The highest BCUT2D eigenvalue weighted by molar-refractivity contribution is 7.10. The molecule has 2 aliphatic rings. The summed E-state index contributed by atoms with van der Waals surface area (Å²) in [5, 5.41) is 5.30. The second-order valence-electron chi connectivity index (χ2n) is 7.64. The molecule has 1 N–H and O–H groups in total. The van der Waals surface area contributed by atoms with Gasteiger partial charge >= 0.3 is 5.97 Å². The van der Waals surface area contributed by atoms with E-state index in [1.54, 1.807) is 25.6 Å². The fourth-order valence-corrected chi connectivity index (χ4v) is 5.35. The molecule has 1 aromatic heterocycles. The Morgan fingerprint density at radius 2 is 1.87 bits per heavy atom. The van der Waals surface area contributed by atoms with Gasteiger partial charge in [-0.25, -0.2) is 4.79 Å². The quantitative estimate of drug-likeness (QED) is 0.701. The van der Waals surface area contributed by atoms with Crippen LogP contribution in [0, 0.1) is 0 Å². The summed E-state index contributed by atoms with van der Waals surface area (Å²) in [5.41, 5.74) is 3.79. The normalized spacial score (nSPS) is 20.8. The van der Waals surface area contributed by atoms with E-state index in [1.165, 1.54) is 7.11 Å². The Bertz CT molecular complexity index is 1080. The molecular formula is C24H25NO5S. The van der Waals surface area contributed by atoms with Crippen LogP contribution in [0.3, 0.4) is 0 Å². The number of esters is 1. The number of ketones is 1. The Hall–Kier alpha value is -3.06. The number of benzene rings is 1. The maximum Gasteiger partial charge on any atom is 0.336 e. The van der Waals surface area contributed by atoms with Crippen LogP contribution >= 0.6 is 11.3 Å². The zero-order valence-corrected chi connectivity index (χ0v) is 18.8. The van der Waals surface area contributed by atoms with Crippen LogP contribution in [0.5, 0.6) is 11.5 Å². The topological polar surface area (TPSA) is 73.9 Å². The van der Waals surface area contributed by atoms with Gasteiger partial charge in [-0.3, -0.25) is 4.79 Å². The molecule has 0 radical (unpaired) electrons. The molecule has 0 fully saturated rings. The van der Waals surface area contributed by atoms with Crippen molar-refractivity contribution in [2.45, 2.75) is 31.6 Å². The third kappa shape index (κ3) is 3.74. The SMILES string of the molecule is COC(=O)C1=C(C)NC2=C(C(=O)C[C@H](c3ccc(OC)c(OC)c3)C2)[C@H]1c1cccs1. The van der Waals surface area contributed by atoms with Gasteiger partial charge in [-0.15, -0.1) is 11.3 Å². The van der Waals surface area contributed by atoms with Crippen LogP contribution < -0.4 is 14.8 Å². The van der Waals surface area contributed by atoms with Gasteiger partial charge in [0.25, 0.3) is 0 Å². The molecule has 6 nitrogen and oxygen atoms in total. The minimum absolute atomic E-state index is 0.00928. The Morgan fingerprint density at radius 3 is 2.52 bits per heavy atom. The first-order valence-electron chi connectivity index (χ1n) is 10.1. The van der Waals surface area contributed by atoms with Gasteiger partial charge in [0.1, 0.15) is 0 Å². The van der Waals surface area contributed by atoms with E-state index in [4.69, 9.17) is 14.2 Å². The number of allylic oxidation sites excluding steroid dienone is 3. The molecule has 162 valence electrons. The number of carbonyl (C=O) groups excluding carboxylic acids is 2. The average Bonchev–Trinajstić information content (AvgIpc) is 3.31. The summed E-state index contributed by atoms with van der Waals surface area (Å²) in [4.78, 5) is 27.0. The molecule has 0 spiro atoms. The van der Waals surface area contributed by atoms with Gasteiger partial charge in [0.2, 0.25) is 0 Å². The average molecular weight is 440 g/mol. The van der Waals surface area contributed by atoms with Crippen molar-refractivity contribution in [1.29, 1.82) is 0 Å². The molecule has 0 bridgehead atoms. The highest BCUT2D eigenvalue weighted by Gasteiger charge is 2.41. The van der Waals surface area contributed by atoms with E-state index >= 15 is 0 Å². The van der Waals surface area contributed by atoms with Crippen molar-refractivity contribution in [2.75, 3.05) is 21.3 Å². The second kappa shape index (κ2) is 8.59. The highest BCUT2D eigenvalue weighted by Crippen LogP contribution is 2.47. The second-order valence-corrected chi connectivity index (χ2v) is 8.62. The minimum atomic E-state index is -0.412. The molecule has 0 saturated carbocycles. The fourth-order valence-electron chi connectivity index (χ4n) is 4.50. The number of Topliss-reactive ketones (excluding diaryl/α,β-unsaturated/α-hetero) is 1. The lowest BCUT2D eigenvalue weighted by Crippen LogP contribution is -2.35. The molecule has 1 aromatic carbocycles. The van der Waals surface area contributed by atoms with Gasteiger partial charge in [0, 0.05) is 28.3 Å². The molecule has 0 amide bonds. The van der Waals surface area contributed by atoms with Gasteiger partial charge in [0.15, 0.2) is 17.3 Å². The first-order valence-corrected chi connectivity index (χ1v) is 10.9. The molecule has 2 heterocycles. The molecular weight excluding hydrogens is 414 g/mol. The van der Waals surface area contributed by atoms with E-state index < -0.39 is 11.9 Å². The zero-order chi connectivity index (χ0) is 22.1. The smallest absolute Gasteiger partial charge is 0.336 e.